The smallest absolute Gasteiger partial charge is 0.265 e. The SMILES string of the molecule is Cn1cc(CNCC2CCN(c3ncc(C(N)=O)c(=O)[nH]3)CC2)c2ccccc21. The van der Waals surface area contributed by atoms with Crippen LogP contribution in [-0.2, 0) is 13.6 Å². The van der Waals surface area contributed by atoms with Crippen LogP contribution in [0.4, 0.5) is 5.95 Å². The van der Waals surface area contributed by atoms with Gasteiger partial charge in [0.1, 0.15) is 5.56 Å². The molecule has 4 N–H and O–H groups in total. The van der Waals surface area contributed by atoms with Crippen molar-refractivity contribution in [2.75, 3.05) is 24.5 Å². The number of aromatic nitrogens is 3. The summed E-state index contributed by atoms with van der Waals surface area (Å²) in [6.45, 7) is 3.45. The number of nitrogens with two attached hydrogens (primary N) is 1. The lowest BCUT2D eigenvalue weighted by Gasteiger charge is -2.32. The molecule has 8 nitrogen and oxygen atoms in total. The Morgan fingerprint density at radius 2 is 2.07 bits per heavy atom. The third-order valence-corrected chi connectivity index (χ3v) is 5.69. The first-order valence-corrected chi connectivity index (χ1v) is 9.90. The quantitative estimate of drug-likeness (QED) is 0.585. The third kappa shape index (κ3) is 4.02. The molecule has 8 heteroatoms. The summed E-state index contributed by atoms with van der Waals surface area (Å²) in [6, 6.07) is 8.46. The summed E-state index contributed by atoms with van der Waals surface area (Å²) >= 11 is 0. The molecule has 4 rings (SSSR count). The lowest BCUT2D eigenvalue weighted by molar-refractivity contribution is 0.0998. The number of primary amides is 1. The van der Waals surface area contributed by atoms with Gasteiger partial charge in [0, 0.05) is 50.0 Å². The van der Waals surface area contributed by atoms with Crippen LogP contribution in [0.3, 0.4) is 0 Å². The molecule has 1 fully saturated rings. The maximum Gasteiger partial charge on any atom is 0.265 e. The number of anilines is 1. The third-order valence-electron chi connectivity index (χ3n) is 5.69. The number of benzene rings is 1. The van der Waals surface area contributed by atoms with Gasteiger partial charge in [-0.2, -0.15) is 0 Å². The normalized spacial score (nSPS) is 15.1. The highest BCUT2D eigenvalue weighted by molar-refractivity contribution is 5.92. The Bertz CT molecular complexity index is 1080. The summed E-state index contributed by atoms with van der Waals surface area (Å²) < 4.78 is 2.17. The Morgan fingerprint density at radius 1 is 1.31 bits per heavy atom. The van der Waals surface area contributed by atoms with Crippen molar-refractivity contribution < 1.29 is 4.79 Å². The molecule has 3 heterocycles. The first kappa shape index (κ1) is 19.2. The van der Waals surface area contributed by atoms with Crippen LogP contribution in [0, 0.1) is 5.92 Å². The van der Waals surface area contributed by atoms with Gasteiger partial charge >= 0.3 is 0 Å². The van der Waals surface area contributed by atoms with Crippen molar-refractivity contribution in [2.24, 2.45) is 18.7 Å². The van der Waals surface area contributed by atoms with Crippen LogP contribution < -0.4 is 21.5 Å². The zero-order valence-electron chi connectivity index (χ0n) is 16.5. The fraction of sp³-hybridized carbons (Fsp3) is 0.381. The molecular weight excluding hydrogens is 368 g/mol. The summed E-state index contributed by atoms with van der Waals surface area (Å²) in [6.07, 6.45) is 5.49. The molecule has 152 valence electrons. The van der Waals surface area contributed by atoms with Crippen molar-refractivity contribution in [3.05, 3.63) is 58.1 Å². The zero-order valence-corrected chi connectivity index (χ0v) is 16.5. The molecule has 2 aromatic heterocycles. The van der Waals surface area contributed by atoms with Gasteiger partial charge in [0.25, 0.3) is 11.5 Å². The Labute approximate surface area is 168 Å². The number of fused-ring (bicyclic) bond motifs is 1. The lowest BCUT2D eigenvalue weighted by atomic mass is 9.97. The number of hydrogen-bond donors (Lipinski definition) is 3. The van der Waals surface area contributed by atoms with Crippen molar-refractivity contribution in [3.8, 4) is 0 Å². The van der Waals surface area contributed by atoms with Crippen LogP contribution in [0.1, 0.15) is 28.8 Å². The van der Waals surface area contributed by atoms with Gasteiger partial charge in [0.2, 0.25) is 5.95 Å². The monoisotopic (exact) mass is 394 g/mol. The minimum absolute atomic E-state index is 0.110. The zero-order chi connectivity index (χ0) is 20.4. The summed E-state index contributed by atoms with van der Waals surface area (Å²) in [4.78, 5) is 32.0. The maximum absolute atomic E-state index is 11.9. The van der Waals surface area contributed by atoms with E-state index in [4.69, 9.17) is 5.73 Å². The Hall–Kier alpha value is -3.13. The molecule has 1 aliphatic rings. The number of hydrogen-bond acceptors (Lipinski definition) is 5. The van der Waals surface area contributed by atoms with E-state index in [1.807, 2.05) is 4.90 Å². The molecule has 1 aromatic carbocycles. The minimum atomic E-state index is -0.763. The van der Waals surface area contributed by atoms with E-state index in [9.17, 15) is 9.59 Å². The molecule has 0 bridgehead atoms. The lowest BCUT2D eigenvalue weighted by Crippen LogP contribution is -2.39. The van der Waals surface area contributed by atoms with Crippen molar-refractivity contribution in [1.29, 1.82) is 0 Å². The number of H-pyrrole nitrogens is 1. The second-order valence-corrected chi connectivity index (χ2v) is 7.66. The van der Waals surface area contributed by atoms with Crippen LogP contribution in [0.15, 0.2) is 41.5 Å². The molecule has 0 aliphatic carbocycles. The number of piperidine rings is 1. The predicted octanol–water partition coefficient (Wildman–Crippen LogP) is 1.37. The van der Waals surface area contributed by atoms with Gasteiger partial charge in [0.05, 0.1) is 0 Å². The van der Waals surface area contributed by atoms with Gasteiger partial charge in [-0.3, -0.25) is 14.6 Å². The number of aryl methyl sites for hydroxylation is 1. The molecule has 0 saturated carbocycles. The number of carbonyl (C=O) groups is 1. The number of carbonyl (C=O) groups excluding carboxylic acids is 1. The first-order valence-electron chi connectivity index (χ1n) is 9.90. The second-order valence-electron chi connectivity index (χ2n) is 7.66. The molecule has 0 radical (unpaired) electrons. The second kappa shape index (κ2) is 8.08. The molecule has 0 unspecified atom stereocenters. The highest BCUT2D eigenvalue weighted by atomic mass is 16.2. The van der Waals surface area contributed by atoms with E-state index < -0.39 is 11.5 Å². The largest absolute Gasteiger partial charge is 0.365 e. The van der Waals surface area contributed by atoms with Crippen molar-refractivity contribution in [3.63, 3.8) is 0 Å². The number of nitrogens with one attached hydrogen (secondary N) is 2. The first-order chi connectivity index (χ1) is 14.0. The van der Waals surface area contributed by atoms with Gasteiger partial charge in [-0.1, -0.05) is 18.2 Å². The average molecular weight is 394 g/mol. The van der Waals surface area contributed by atoms with Crippen molar-refractivity contribution in [1.82, 2.24) is 19.9 Å². The molecular formula is C21H26N6O2. The summed E-state index contributed by atoms with van der Waals surface area (Å²) in [7, 11) is 2.08. The summed E-state index contributed by atoms with van der Waals surface area (Å²) in [5.41, 5.74) is 7.13. The number of aromatic amines is 1. The Balaban J connectivity index is 1.29. The number of nitrogens with zero attached hydrogens (tertiary/aromatic N) is 3. The average Bonchev–Trinajstić information content (AvgIpc) is 3.04. The fourth-order valence-corrected chi connectivity index (χ4v) is 4.05. The summed E-state index contributed by atoms with van der Waals surface area (Å²) in [5.74, 6) is 0.321. The van der Waals surface area contributed by atoms with Crippen LogP contribution in [-0.4, -0.2) is 40.1 Å². The van der Waals surface area contributed by atoms with Crippen molar-refractivity contribution in [2.45, 2.75) is 19.4 Å². The van der Waals surface area contributed by atoms with Gasteiger partial charge in [-0.05, 0) is 36.9 Å². The minimum Gasteiger partial charge on any atom is -0.365 e. The predicted molar refractivity (Wildman–Crippen MR) is 113 cm³/mol. The molecule has 0 spiro atoms. The molecule has 1 aliphatic heterocycles. The molecule has 3 aromatic rings. The molecule has 0 atom stereocenters. The topological polar surface area (TPSA) is 109 Å². The van der Waals surface area contributed by atoms with Gasteiger partial charge in [-0.25, -0.2) is 4.98 Å². The number of rotatable bonds is 6. The highest BCUT2D eigenvalue weighted by Crippen LogP contribution is 2.22. The van der Waals surface area contributed by atoms with E-state index in [0.717, 1.165) is 39.0 Å². The Morgan fingerprint density at radius 3 is 2.79 bits per heavy atom. The van der Waals surface area contributed by atoms with Gasteiger partial charge in [-0.15, -0.1) is 0 Å². The number of para-hydroxylation sites is 1. The molecule has 29 heavy (non-hydrogen) atoms. The fourth-order valence-electron chi connectivity index (χ4n) is 4.05. The van der Waals surface area contributed by atoms with Crippen LogP contribution in [0.2, 0.25) is 0 Å². The van der Waals surface area contributed by atoms with Crippen LogP contribution in [0.5, 0.6) is 0 Å². The molecule has 1 amide bonds. The molecule has 1 saturated heterocycles. The van der Waals surface area contributed by atoms with Crippen LogP contribution >= 0.6 is 0 Å². The van der Waals surface area contributed by atoms with E-state index in [0.29, 0.717) is 11.9 Å². The van der Waals surface area contributed by atoms with E-state index in [-0.39, 0.29) is 5.56 Å². The van der Waals surface area contributed by atoms with Crippen molar-refractivity contribution >= 4 is 22.8 Å². The van der Waals surface area contributed by atoms with Crippen LogP contribution in [0.25, 0.3) is 10.9 Å². The highest BCUT2D eigenvalue weighted by Gasteiger charge is 2.21. The van der Waals surface area contributed by atoms with Gasteiger partial charge < -0.3 is 20.5 Å². The number of amides is 1. The standard InChI is InChI=1S/C21H26N6O2/c1-26-13-15(16-4-2-3-5-18(16)26)11-23-10-14-6-8-27(9-7-14)21-24-12-17(19(22)28)20(29)25-21/h2-5,12-14,23H,6-11H2,1H3,(H2,22,28)(H,24,25,29). The maximum atomic E-state index is 11.9. The van der Waals surface area contributed by atoms with Gasteiger partial charge in [0.15, 0.2) is 0 Å². The van der Waals surface area contributed by atoms with E-state index >= 15 is 0 Å². The van der Waals surface area contributed by atoms with E-state index in [1.165, 1.54) is 22.7 Å². The Kier molecular flexibility index (Phi) is 5.35. The van der Waals surface area contributed by atoms with E-state index in [1.54, 1.807) is 0 Å². The summed E-state index contributed by atoms with van der Waals surface area (Å²) in [5, 5.41) is 4.90. The van der Waals surface area contributed by atoms with E-state index in [2.05, 4.69) is 57.4 Å².